The summed E-state index contributed by atoms with van der Waals surface area (Å²) in [5, 5.41) is 7.63. The minimum atomic E-state index is -0.525. The first kappa shape index (κ1) is 12.2. The van der Waals surface area contributed by atoms with E-state index in [0.29, 0.717) is 5.69 Å². The van der Waals surface area contributed by atoms with Crippen LogP contribution in [0.4, 0.5) is 8.78 Å². The SMILES string of the molecule is Cc1cc(F)c(-n2cc(C(C)Br)nn2)cc1F. The first-order valence-corrected chi connectivity index (χ1v) is 5.93. The lowest BCUT2D eigenvalue weighted by Crippen LogP contribution is -2.00. The van der Waals surface area contributed by atoms with Crippen molar-refractivity contribution < 1.29 is 8.78 Å². The van der Waals surface area contributed by atoms with Crippen LogP contribution in [0.5, 0.6) is 0 Å². The fraction of sp³-hybridized carbons (Fsp3) is 0.273. The number of halogens is 3. The molecule has 1 aromatic carbocycles. The predicted molar refractivity (Wildman–Crippen MR) is 63.4 cm³/mol. The van der Waals surface area contributed by atoms with Crippen LogP contribution in [0.2, 0.25) is 0 Å². The number of alkyl halides is 1. The van der Waals surface area contributed by atoms with Gasteiger partial charge in [0.2, 0.25) is 0 Å². The van der Waals surface area contributed by atoms with Gasteiger partial charge in [-0.05, 0) is 25.5 Å². The van der Waals surface area contributed by atoms with Crippen LogP contribution in [0, 0.1) is 18.6 Å². The number of aryl methyl sites for hydroxylation is 1. The molecule has 17 heavy (non-hydrogen) atoms. The van der Waals surface area contributed by atoms with Gasteiger partial charge in [0.25, 0.3) is 0 Å². The number of hydrogen-bond donors (Lipinski definition) is 0. The molecular formula is C11H10BrF2N3. The molecule has 3 nitrogen and oxygen atoms in total. The zero-order valence-corrected chi connectivity index (χ0v) is 10.9. The van der Waals surface area contributed by atoms with Gasteiger partial charge >= 0.3 is 0 Å². The highest BCUT2D eigenvalue weighted by Gasteiger charge is 2.12. The Hall–Kier alpha value is -1.30. The van der Waals surface area contributed by atoms with Crippen LogP contribution in [-0.4, -0.2) is 15.0 Å². The van der Waals surface area contributed by atoms with Gasteiger partial charge in [-0.2, -0.15) is 0 Å². The Labute approximate surface area is 106 Å². The number of benzene rings is 1. The van der Waals surface area contributed by atoms with Gasteiger partial charge < -0.3 is 0 Å². The minimum absolute atomic E-state index is 0.00889. The molecule has 1 unspecified atom stereocenters. The van der Waals surface area contributed by atoms with E-state index < -0.39 is 11.6 Å². The van der Waals surface area contributed by atoms with E-state index in [2.05, 4.69) is 26.2 Å². The van der Waals surface area contributed by atoms with E-state index in [0.717, 1.165) is 12.1 Å². The van der Waals surface area contributed by atoms with E-state index in [1.807, 2.05) is 6.92 Å². The van der Waals surface area contributed by atoms with Gasteiger partial charge in [-0.1, -0.05) is 21.1 Å². The summed E-state index contributed by atoms with van der Waals surface area (Å²) in [5.41, 5.74) is 0.978. The molecule has 90 valence electrons. The van der Waals surface area contributed by atoms with Crippen LogP contribution in [0.1, 0.15) is 23.0 Å². The summed E-state index contributed by atoms with van der Waals surface area (Å²) in [6, 6.07) is 2.26. The van der Waals surface area contributed by atoms with Crippen molar-refractivity contribution in [3.8, 4) is 5.69 Å². The van der Waals surface area contributed by atoms with Crippen molar-refractivity contribution in [1.29, 1.82) is 0 Å². The summed E-state index contributed by atoms with van der Waals surface area (Å²) in [6.45, 7) is 3.38. The molecule has 6 heteroatoms. The van der Waals surface area contributed by atoms with E-state index in [-0.39, 0.29) is 16.1 Å². The topological polar surface area (TPSA) is 30.7 Å². The van der Waals surface area contributed by atoms with Crippen molar-refractivity contribution in [3.05, 3.63) is 41.2 Å². The first-order valence-electron chi connectivity index (χ1n) is 5.01. The van der Waals surface area contributed by atoms with E-state index >= 15 is 0 Å². The van der Waals surface area contributed by atoms with E-state index in [4.69, 9.17) is 0 Å². The Morgan fingerprint density at radius 2 is 2.00 bits per heavy atom. The zero-order valence-electron chi connectivity index (χ0n) is 9.28. The average molecular weight is 302 g/mol. The van der Waals surface area contributed by atoms with Crippen molar-refractivity contribution in [2.75, 3.05) is 0 Å². The second-order valence-corrected chi connectivity index (χ2v) is 5.13. The molecule has 0 N–H and O–H groups in total. The molecule has 1 heterocycles. The summed E-state index contributed by atoms with van der Waals surface area (Å²) < 4.78 is 28.3. The predicted octanol–water partition coefficient (Wildman–Crippen LogP) is 3.31. The third-order valence-electron chi connectivity index (χ3n) is 2.39. The molecule has 2 rings (SSSR count). The largest absolute Gasteiger partial charge is 0.217 e. The lowest BCUT2D eigenvalue weighted by atomic mass is 10.2. The van der Waals surface area contributed by atoms with Crippen LogP contribution in [-0.2, 0) is 0 Å². The molecule has 1 atom stereocenters. The maximum Gasteiger partial charge on any atom is 0.149 e. The number of hydrogen-bond acceptors (Lipinski definition) is 2. The molecule has 0 radical (unpaired) electrons. The third kappa shape index (κ3) is 2.36. The highest BCUT2D eigenvalue weighted by molar-refractivity contribution is 9.09. The molecule has 0 fully saturated rings. The Morgan fingerprint density at radius 1 is 1.29 bits per heavy atom. The van der Waals surface area contributed by atoms with E-state index in [1.165, 1.54) is 11.6 Å². The van der Waals surface area contributed by atoms with Gasteiger partial charge in [0.15, 0.2) is 0 Å². The van der Waals surface area contributed by atoms with E-state index in [1.54, 1.807) is 6.20 Å². The number of aromatic nitrogens is 3. The lowest BCUT2D eigenvalue weighted by Gasteiger charge is -2.04. The molecule has 0 amide bonds. The van der Waals surface area contributed by atoms with Crippen molar-refractivity contribution in [1.82, 2.24) is 15.0 Å². The van der Waals surface area contributed by atoms with Crippen LogP contribution in [0.3, 0.4) is 0 Å². The molecule has 0 saturated carbocycles. The molecule has 1 aromatic heterocycles. The normalized spacial score (nSPS) is 12.8. The minimum Gasteiger partial charge on any atom is -0.217 e. The summed E-state index contributed by atoms with van der Waals surface area (Å²) >= 11 is 3.33. The lowest BCUT2D eigenvalue weighted by molar-refractivity contribution is 0.578. The second kappa shape index (κ2) is 4.52. The zero-order chi connectivity index (χ0) is 12.6. The molecule has 0 aliphatic heterocycles. The summed E-state index contributed by atoms with van der Waals surface area (Å²) in [7, 11) is 0. The Bertz CT molecular complexity index is 552. The molecular weight excluding hydrogens is 292 g/mol. The van der Waals surface area contributed by atoms with Gasteiger partial charge in [-0.3, -0.25) is 0 Å². The fourth-order valence-electron chi connectivity index (χ4n) is 1.39. The van der Waals surface area contributed by atoms with Crippen LogP contribution >= 0.6 is 15.9 Å². The van der Waals surface area contributed by atoms with Gasteiger partial charge in [0.1, 0.15) is 17.3 Å². The number of nitrogens with zero attached hydrogens (tertiary/aromatic N) is 3. The Balaban J connectivity index is 2.49. The second-order valence-electron chi connectivity index (χ2n) is 3.76. The monoisotopic (exact) mass is 301 g/mol. The molecule has 0 aliphatic carbocycles. The van der Waals surface area contributed by atoms with Crippen molar-refractivity contribution in [2.24, 2.45) is 0 Å². The quantitative estimate of drug-likeness (QED) is 0.797. The van der Waals surface area contributed by atoms with E-state index in [9.17, 15) is 8.78 Å². The third-order valence-corrected chi connectivity index (χ3v) is 2.86. The maximum atomic E-state index is 13.7. The average Bonchev–Trinajstić information content (AvgIpc) is 2.72. The summed E-state index contributed by atoms with van der Waals surface area (Å²) in [4.78, 5) is 0.00889. The molecule has 2 aromatic rings. The standard InChI is InChI=1S/C11H10BrF2N3/c1-6-3-9(14)11(4-8(6)13)17-5-10(7(2)12)15-16-17/h3-5,7H,1-2H3. The van der Waals surface area contributed by atoms with Crippen LogP contribution < -0.4 is 0 Å². The van der Waals surface area contributed by atoms with Crippen LogP contribution in [0.25, 0.3) is 5.69 Å². The highest BCUT2D eigenvalue weighted by Crippen LogP contribution is 2.21. The first-order chi connectivity index (χ1) is 7.99. The fourth-order valence-corrected chi connectivity index (χ4v) is 1.60. The number of rotatable bonds is 2. The van der Waals surface area contributed by atoms with Gasteiger partial charge in [-0.25, -0.2) is 13.5 Å². The molecule has 0 bridgehead atoms. The molecule has 0 aliphatic rings. The Morgan fingerprint density at radius 3 is 2.59 bits per heavy atom. The van der Waals surface area contributed by atoms with Crippen LogP contribution in [0.15, 0.2) is 18.3 Å². The van der Waals surface area contributed by atoms with Crippen molar-refractivity contribution >= 4 is 15.9 Å². The maximum absolute atomic E-state index is 13.7. The van der Waals surface area contributed by atoms with Crippen molar-refractivity contribution in [2.45, 2.75) is 18.7 Å². The summed E-state index contributed by atoms with van der Waals surface area (Å²) in [5.74, 6) is -0.993. The molecule has 0 saturated heterocycles. The van der Waals surface area contributed by atoms with Gasteiger partial charge in [0, 0.05) is 6.07 Å². The summed E-state index contributed by atoms with van der Waals surface area (Å²) in [6.07, 6.45) is 1.56. The highest BCUT2D eigenvalue weighted by atomic mass is 79.9. The van der Waals surface area contributed by atoms with Crippen molar-refractivity contribution in [3.63, 3.8) is 0 Å². The molecule has 0 spiro atoms. The smallest absolute Gasteiger partial charge is 0.149 e. The van der Waals surface area contributed by atoms with Gasteiger partial charge in [-0.15, -0.1) is 5.10 Å². The van der Waals surface area contributed by atoms with Gasteiger partial charge in [0.05, 0.1) is 16.7 Å². The Kier molecular flexibility index (Phi) is 3.24.